The van der Waals surface area contributed by atoms with E-state index in [0.717, 1.165) is 0 Å². The molecule has 0 rings (SSSR count). The molecular weight excluding hydrogens is 148 g/mol. The summed E-state index contributed by atoms with van der Waals surface area (Å²) in [7, 11) is 0. The van der Waals surface area contributed by atoms with Gasteiger partial charge in [-0.3, -0.25) is 25.3 Å². The van der Waals surface area contributed by atoms with Crippen LogP contribution >= 0.6 is 0 Å². The van der Waals surface area contributed by atoms with Crippen molar-refractivity contribution in [1.29, 1.82) is 0 Å². The number of nitrogens with zero attached hydrogens (tertiary/aromatic N) is 2. The first kappa shape index (κ1) is 8.72. The van der Waals surface area contributed by atoms with E-state index in [9.17, 15) is 20.2 Å². The summed E-state index contributed by atoms with van der Waals surface area (Å²) in [5.41, 5.74) is 0. The van der Waals surface area contributed by atoms with Gasteiger partial charge < -0.3 is 5.11 Å². The second kappa shape index (κ2) is 2.54. The molecule has 0 amide bonds. The van der Waals surface area contributed by atoms with Crippen LogP contribution in [0.15, 0.2) is 0 Å². The smallest absolute Gasteiger partial charge is 0.380 e. The zero-order valence-electron chi connectivity index (χ0n) is 4.63. The van der Waals surface area contributed by atoms with E-state index in [0.29, 0.717) is 0 Å². The fourth-order valence-electron chi connectivity index (χ4n) is 0.182. The van der Waals surface area contributed by atoms with E-state index in [4.69, 9.17) is 10.2 Å². The zero-order valence-corrected chi connectivity index (χ0v) is 4.63. The maximum atomic E-state index is 9.65. The Morgan fingerprint density at radius 2 is 1.60 bits per heavy atom. The normalized spacial score (nSPS) is 11.0. The molecule has 0 saturated carbocycles. The van der Waals surface area contributed by atoms with Gasteiger partial charge in [0.25, 0.3) is 0 Å². The number of aliphatic hydroxyl groups is 2. The van der Waals surface area contributed by atoms with E-state index in [1.165, 1.54) is 0 Å². The molecule has 8 heteroatoms. The Morgan fingerprint density at radius 1 is 1.30 bits per heavy atom. The molecule has 0 unspecified atom stereocenters. The van der Waals surface area contributed by atoms with Crippen LogP contribution in [0.5, 0.6) is 0 Å². The lowest BCUT2D eigenvalue weighted by Crippen LogP contribution is -2.49. The molecule has 0 atom stereocenters. The molecule has 58 valence electrons. The van der Waals surface area contributed by atoms with Gasteiger partial charge in [-0.25, -0.2) is 0 Å². The quantitative estimate of drug-likeness (QED) is 0.278. The monoisotopic (exact) mass is 152 g/mol. The van der Waals surface area contributed by atoms with Gasteiger partial charge in [0.2, 0.25) is 6.61 Å². The second-order valence-electron chi connectivity index (χ2n) is 1.45. The van der Waals surface area contributed by atoms with Crippen LogP contribution in [-0.4, -0.2) is 32.5 Å². The number of rotatable bonds is 3. The third kappa shape index (κ3) is 1.17. The van der Waals surface area contributed by atoms with Crippen LogP contribution in [-0.2, 0) is 0 Å². The molecule has 0 heterocycles. The highest BCUT2D eigenvalue weighted by molar-refractivity contribution is 4.44. The van der Waals surface area contributed by atoms with Gasteiger partial charge in [-0.05, 0) is 0 Å². The number of aliphatic hydroxyl groups excluding tert-OH is 1. The summed E-state index contributed by atoms with van der Waals surface area (Å²) < 4.78 is 0. The van der Waals surface area contributed by atoms with Gasteiger partial charge in [0.1, 0.15) is 9.85 Å². The second-order valence-corrected chi connectivity index (χ2v) is 1.45. The number of nitro groups is 2. The van der Waals surface area contributed by atoms with E-state index in [1.807, 2.05) is 0 Å². The number of hydrogen-bond acceptors (Lipinski definition) is 6. The lowest BCUT2D eigenvalue weighted by atomic mass is 10.5. The summed E-state index contributed by atoms with van der Waals surface area (Å²) in [5.74, 6) is -3.46. The summed E-state index contributed by atoms with van der Waals surface area (Å²) >= 11 is 0. The molecule has 10 heavy (non-hydrogen) atoms. The van der Waals surface area contributed by atoms with Crippen LogP contribution in [0.1, 0.15) is 0 Å². The summed E-state index contributed by atoms with van der Waals surface area (Å²) in [6.45, 7) is -1.55. The third-order valence-corrected chi connectivity index (χ3v) is 0.797. The Bertz CT molecular complexity index is 151. The molecule has 0 aromatic rings. The van der Waals surface area contributed by atoms with E-state index in [2.05, 4.69) is 0 Å². The zero-order chi connectivity index (χ0) is 8.36. The Labute approximate surface area is 54.0 Å². The minimum Gasteiger partial charge on any atom is -0.380 e. The minimum atomic E-state index is -3.46. The molecule has 0 aliphatic carbocycles. The van der Waals surface area contributed by atoms with Crippen molar-refractivity contribution in [3.8, 4) is 0 Å². The Kier molecular flexibility index (Phi) is 2.21. The van der Waals surface area contributed by atoms with Crippen molar-refractivity contribution in [2.24, 2.45) is 0 Å². The third-order valence-electron chi connectivity index (χ3n) is 0.797. The van der Waals surface area contributed by atoms with E-state index < -0.39 is 22.3 Å². The molecule has 0 bridgehead atoms. The first-order valence-corrected chi connectivity index (χ1v) is 2.07. The summed E-state index contributed by atoms with van der Waals surface area (Å²) in [6.07, 6.45) is 0. The van der Waals surface area contributed by atoms with Gasteiger partial charge in [0, 0.05) is 0 Å². The van der Waals surface area contributed by atoms with Gasteiger partial charge in [0.05, 0.1) is 0 Å². The molecule has 0 aromatic heterocycles. The predicted molar refractivity (Wildman–Crippen MR) is 26.0 cm³/mol. The molecule has 8 nitrogen and oxygen atoms in total. The molecular formula is C2H4N2O6. The topological polar surface area (TPSA) is 127 Å². The summed E-state index contributed by atoms with van der Waals surface area (Å²) in [6, 6.07) is 0. The summed E-state index contributed by atoms with van der Waals surface area (Å²) in [4.78, 5) is 16.1. The molecule has 0 saturated heterocycles. The van der Waals surface area contributed by atoms with Gasteiger partial charge in [-0.1, -0.05) is 0 Å². The number of hydrogen-bond donors (Lipinski definition) is 2. The van der Waals surface area contributed by atoms with Crippen molar-refractivity contribution in [2.75, 3.05) is 6.61 Å². The fourth-order valence-corrected chi connectivity index (χ4v) is 0.182. The van der Waals surface area contributed by atoms with Crippen LogP contribution in [0, 0.1) is 20.2 Å². The average Bonchev–Trinajstić information content (AvgIpc) is 1.85. The van der Waals surface area contributed by atoms with Crippen LogP contribution in [0.4, 0.5) is 0 Å². The van der Waals surface area contributed by atoms with Gasteiger partial charge in [-0.15, -0.1) is 0 Å². The van der Waals surface area contributed by atoms with Crippen molar-refractivity contribution in [3.05, 3.63) is 20.2 Å². The van der Waals surface area contributed by atoms with E-state index in [-0.39, 0.29) is 0 Å². The molecule has 0 fully saturated rings. The average molecular weight is 152 g/mol. The highest BCUT2D eigenvalue weighted by Gasteiger charge is 2.54. The molecule has 0 aliphatic heterocycles. The molecule has 0 radical (unpaired) electrons. The van der Waals surface area contributed by atoms with Crippen LogP contribution in [0.25, 0.3) is 0 Å². The SMILES string of the molecule is O=[N+]([O-])C(O)(CO)[N+](=O)[O-]. The molecule has 0 aromatic carbocycles. The van der Waals surface area contributed by atoms with Crippen molar-refractivity contribution in [3.63, 3.8) is 0 Å². The molecule has 2 N–H and O–H groups in total. The van der Waals surface area contributed by atoms with Crippen LogP contribution < -0.4 is 0 Å². The minimum absolute atomic E-state index is 1.55. The van der Waals surface area contributed by atoms with Crippen molar-refractivity contribution >= 4 is 0 Å². The highest BCUT2D eigenvalue weighted by Crippen LogP contribution is 2.03. The highest BCUT2D eigenvalue weighted by atomic mass is 16.7. The maximum Gasteiger partial charge on any atom is 0.599 e. The van der Waals surface area contributed by atoms with Gasteiger partial charge in [0.15, 0.2) is 0 Å². The predicted octanol–water partition coefficient (Wildman–Crippen LogP) is -1.82. The summed E-state index contributed by atoms with van der Waals surface area (Å²) in [5, 5.41) is 35.6. The van der Waals surface area contributed by atoms with Crippen molar-refractivity contribution in [2.45, 2.75) is 5.85 Å². The van der Waals surface area contributed by atoms with Gasteiger partial charge >= 0.3 is 5.85 Å². The first-order chi connectivity index (χ1) is 4.45. The lowest BCUT2D eigenvalue weighted by Gasteiger charge is -2.05. The van der Waals surface area contributed by atoms with Crippen molar-refractivity contribution < 1.29 is 20.1 Å². The van der Waals surface area contributed by atoms with Crippen LogP contribution in [0.2, 0.25) is 0 Å². The molecule has 0 spiro atoms. The Balaban J connectivity index is 4.55. The molecule has 0 aliphatic rings. The van der Waals surface area contributed by atoms with E-state index in [1.54, 1.807) is 0 Å². The Hall–Kier alpha value is -1.28. The van der Waals surface area contributed by atoms with Crippen LogP contribution in [0.3, 0.4) is 0 Å². The lowest BCUT2D eigenvalue weighted by molar-refractivity contribution is -0.849. The van der Waals surface area contributed by atoms with Gasteiger partial charge in [-0.2, -0.15) is 0 Å². The van der Waals surface area contributed by atoms with Crippen molar-refractivity contribution in [1.82, 2.24) is 0 Å². The maximum absolute atomic E-state index is 9.65. The fraction of sp³-hybridized carbons (Fsp3) is 1.00. The standard InChI is InChI=1S/C2H4N2O6/c5-1-2(6,3(7)8)4(9)10/h5-6H,1H2. The van der Waals surface area contributed by atoms with E-state index >= 15 is 0 Å². The Morgan fingerprint density at radius 3 is 1.60 bits per heavy atom. The largest absolute Gasteiger partial charge is 0.599 e. The first-order valence-electron chi connectivity index (χ1n) is 2.07.